The lowest BCUT2D eigenvalue weighted by atomic mass is 10.1. The van der Waals surface area contributed by atoms with Gasteiger partial charge >= 0.3 is 0 Å². The molecule has 0 spiro atoms. The van der Waals surface area contributed by atoms with Gasteiger partial charge in [-0.1, -0.05) is 12.1 Å². The molecule has 3 rings (SSSR count). The van der Waals surface area contributed by atoms with Gasteiger partial charge in [0.1, 0.15) is 11.5 Å². The number of carbonyl (C=O) groups is 1. The van der Waals surface area contributed by atoms with E-state index in [0.717, 1.165) is 18.6 Å². The quantitative estimate of drug-likeness (QED) is 0.873. The first-order chi connectivity index (χ1) is 12.1. The number of aromatic hydroxyl groups is 1. The van der Waals surface area contributed by atoms with Gasteiger partial charge in [0.05, 0.1) is 12.7 Å². The zero-order valence-corrected chi connectivity index (χ0v) is 14.3. The van der Waals surface area contributed by atoms with Gasteiger partial charge in [0.25, 0.3) is 5.91 Å². The molecule has 6 heteroatoms. The Labute approximate surface area is 146 Å². The van der Waals surface area contributed by atoms with Crippen LogP contribution in [0.5, 0.6) is 23.0 Å². The second kappa shape index (κ2) is 7.34. The average molecular weight is 343 g/mol. The number of methoxy groups -OCH3 is 1. The van der Waals surface area contributed by atoms with E-state index >= 15 is 0 Å². The molecule has 25 heavy (non-hydrogen) atoms. The van der Waals surface area contributed by atoms with Crippen molar-refractivity contribution in [2.45, 2.75) is 12.8 Å². The molecule has 0 fully saturated rings. The SMILES string of the molecule is COc1ccc(CCCN(C)C(=O)c2cc3c(cc2O)OCO3)cc1. The second-order valence-electron chi connectivity index (χ2n) is 5.90. The van der Waals surface area contributed by atoms with Crippen molar-refractivity contribution in [3.05, 3.63) is 47.5 Å². The Morgan fingerprint density at radius 1 is 1.20 bits per heavy atom. The summed E-state index contributed by atoms with van der Waals surface area (Å²) in [5.74, 6) is 1.42. The molecule has 0 saturated heterocycles. The molecule has 1 aliphatic rings. The van der Waals surface area contributed by atoms with Gasteiger partial charge in [-0.2, -0.15) is 0 Å². The standard InChI is InChI=1S/C19H21NO5/c1-20(9-3-4-13-5-7-14(23-2)8-6-13)19(22)15-10-17-18(11-16(15)21)25-12-24-17/h5-8,10-11,21H,3-4,9,12H2,1-2H3. The lowest BCUT2D eigenvalue weighted by molar-refractivity contribution is 0.0790. The Hall–Kier alpha value is -2.89. The summed E-state index contributed by atoms with van der Waals surface area (Å²) in [5.41, 5.74) is 1.41. The van der Waals surface area contributed by atoms with E-state index in [4.69, 9.17) is 14.2 Å². The molecule has 132 valence electrons. The zero-order chi connectivity index (χ0) is 17.8. The number of phenols is 1. The highest BCUT2D eigenvalue weighted by molar-refractivity contribution is 5.97. The Balaban J connectivity index is 1.57. The minimum absolute atomic E-state index is 0.101. The molecule has 1 aliphatic heterocycles. The fraction of sp³-hybridized carbons (Fsp3) is 0.316. The summed E-state index contributed by atoms with van der Waals surface area (Å²) in [6.45, 7) is 0.683. The van der Waals surface area contributed by atoms with Crippen LogP contribution >= 0.6 is 0 Å². The molecule has 2 aromatic carbocycles. The number of fused-ring (bicyclic) bond motifs is 1. The summed E-state index contributed by atoms with van der Waals surface area (Å²) in [6, 6.07) is 10.8. The predicted molar refractivity (Wildman–Crippen MR) is 92.5 cm³/mol. The first-order valence-corrected chi connectivity index (χ1v) is 8.09. The molecule has 0 aliphatic carbocycles. The van der Waals surface area contributed by atoms with Gasteiger partial charge < -0.3 is 24.2 Å². The van der Waals surface area contributed by atoms with Crippen molar-refractivity contribution in [1.29, 1.82) is 0 Å². The Kier molecular flexibility index (Phi) is 4.97. The molecule has 1 amide bonds. The van der Waals surface area contributed by atoms with E-state index in [1.807, 2.05) is 24.3 Å². The van der Waals surface area contributed by atoms with Gasteiger partial charge in [-0.3, -0.25) is 4.79 Å². The van der Waals surface area contributed by atoms with Crippen molar-refractivity contribution in [3.8, 4) is 23.0 Å². The number of aryl methyl sites for hydroxylation is 1. The number of ether oxygens (including phenoxy) is 3. The smallest absolute Gasteiger partial charge is 0.257 e. The fourth-order valence-electron chi connectivity index (χ4n) is 2.72. The van der Waals surface area contributed by atoms with Crippen molar-refractivity contribution in [2.75, 3.05) is 27.5 Å². The minimum Gasteiger partial charge on any atom is -0.507 e. The van der Waals surface area contributed by atoms with Crippen LogP contribution in [0.3, 0.4) is 0 Å². The lowest BCUT2D eigenvalue weighted by Gasteiger charge is -2.18. The highest BCUT2D eigenvalue weighted by Gasteiger charge is 2.22. The maximum Gasteiger partial charge on any atom is 0.257 e. The number of amides is 1. The molecular formula is C19H21NO5. The third-order valence-electron chi connectivity index (χ3n) is 4.19. The summed E-state index contributed by atoms with van der Waals surface area (Å²) in [6.07, 6.45) is 1.68. The van der Waals surface area contributed by atoms with Crippen LogP contribution in [0.1, 0.15) is 22.3 Å². The number of nitrogens with zero attached hydrogens (tertiary/aromatic N) is 1. The van der Waals surface area contributed by atoms with E-state index in [9.17, 15) is 9.90 Å². The van der Waals surface area contributed by atoms with Crippen molar-refractivity contribution in [1.82, 2.24) is 4.90 Å². The third-order valence-corrected chi connectivity index (χ3v) is 4.19. The Bertz CT molecular complexity index is 757. The molecule has 6 nitrogen and oxygen atoms in total. The largest absolute Gasteiger partial charge is 0.507 e. The maximum atomic E-state index is 12.5. The van der Waals surface area contributed by atoms with Crippen LogP contribution in [-0.4, -0.2) is 43.4 Å². The molecule has 0 bridgehead atoms. The predicted octanol–water partition coefficient (Wildman–Crippen LogP) is 2.83. The van der Waals surface area contributed by atoms with Gasteiger partial charge in [-0.15, -0.1) is 0 Å². The number of carbonyl (C=O) groups excluding carboxylic acids is 1. The number of hydrogen-bond acceptors (Lipinski definition) is 5. The topological polar surface area (TPSA) is 68.2 Å². The van der Waals surface area contributed by atoms with Crippen LogP contribution in [0.15, 0.2) is 36.4 Å². The summed E-state index contributed by atoms with van der Waals surface area (Å²) < 4.78 is 15.6. The van der Waals surface area contributed by atoms with Crippen LogP contribution in [0.2, 0.25) is 0 Å². The first kappa shape index (κ1) is 17.0. The van der Waals surface area contributed by atoms with E-state index in [1.54, 1.807) is 19.1 Å². The van der Waals surface area contributed by atoms with E-state index in [-0.39, 0.29) is 24.0 Å². The minimum atomic E-state index is -0.245. The van der Waals surface area contributed by atoms with E-state index in [2.05, 4.69) is 0 Å². The molecule has 1 N–H and O–H groups in total. The van der Waals surface area contributed by atoms with Crippen LogP contribution in [0.4, 0.5) is 0 Å². The summed E-state index contributed by atoms with van der Waals surface area (Å²) in [5, 5.41) is 10.1. The van der Waals surface area contributed by atoms with Crippen LogP contribution < -0.4 is 14.2 Å². The fourth-order valence-corrected chi connectivity index (χ4v) is 2.72. The van der Waals surface area contributed by atoms with Crippen molar-refractivity contribution >= 4 is 5.91 Å². The number of phenolic OH excluding ortho intramolecular Hbond substituents is 1. The summed E-state index contributed by atoms with van der Waals surface area (Å²) >= 11 is 0. The van der Waals surface area contributed by atoms with Crippen LogP contribution in [0, 0.1) is 0 Å². The van der Waals surface area contributed by atoms with Gasteiger partial charge in [0.2, 0.25) is 6.79 Å². The Morgan fingerprint density at radius 3 is 2.56 bits per heavy atom. The molecule has 0 aromatic heterocycles. The molecule has 2 aromatic rings. The van der Waals surface area contributed by atoms with E-state index < -0.39 is 0 Å². The van der Waals surface area contributed by atoms with Crippen molar-refractivity contribution < 1.29 is 24.1 Å². The highest BCUT2D eigenvalue weighted by atomic mass is 16.7. The van der Waals surface area contributed by atoms with Gasteiger partial charge in [-0.05, 0) is 30.5 Å². The maximum absolute atomic E-state index is 12.5. The van der Waals surface area contributed by atoms with Gasteiger partial charge in [-0.25, -0.2) is 0 Å². The highest BCUT2D eigenvalue weighted by Crippen LogP contribution is 2.37. The summed E-state index contributed by atoms with van der Waals surface area (Å²) in [7, 11) is 3.36. The molecular weight excluding hydrogens is 322 g/mol. The first-order valence-electron chi connectivity index (χ1n) is 8.09. The van der Waals surface area contributed by atoms with Crippen molar-refractivity contribution in [3.63, 3.8) is 0 Å². The monoisotopic (exact) mass is 343 g/mol. The van der Waals surface area contributed by atoms with Crippen molar-refractivity contribution in [2.24, 2.45) is 0 Å². The second-order valence-corrected chi connectivity index (χ2v) is 5.90. The molecule has 0 saturated carbocycles. The van der Waals surface area contributed by atoms with Crippen LogP contribution in [0.25, 0.3) is 0 Å². The molecule has 0 atom stereocenters. The molecule has 0 unspecified atom stereocenters. The molecule has 0 radical (unpaired) electrons. The van der Waals surface area contributed by atoms with Crippen LogP contribution in [-0.2, 0) is 6.42 Å². The van der Waals surface area contributed by atoms with Gasteiger partial charge in [0, 0.05) is 25.7 Å². The number of hydrogen-bond donors (Lipinski definition) is 1. The Morgan fingerprint density at radius 2 is 1.88 bits per heavy atom. The third kappa shape index (κ3) is 3.79. The number of rotatable bonds is 6. The average Bonchev–Trinajstić information content (AvgIpc) is 3.08. The van der Waals surface area contributed by atoms with E-state index in [0.29, 0.717) is 18.0 Å². The normalized spacial score (nSPS) is 12.1. The zero-order valence-electron chi connectivity index (χ0n) is 14.3. The van der Waals surface area contributed by atoms with Gasteiger partial charge in [0.15, 0.2) is 11.5 Å². The molecule has 1 heterocycles. The van der Waals surface area contributed by atoms with E-state index in [1.165, 1.54) is 17.7 Å². The lowest BCUT2D eigenvalue weighted by Crippen LogP contribution is -2.28. The summed E-state index contributed by atoms with van der Waals surface area (Å²) in [4.78, 5) is 14.1. The number of benzene rings is 2.